The number of aryl methyl sites for hydroxylation is 1. The Labute approximate surface area is 163 Å². The second-order valence-electron chi connectivity index (χ2n) is 8.07. The molecule has 1 amide bonds. The minimum absolute atomic E-state index is 0.178. The second kappa shape index (κ2) is 6.44. The summed E-state index contributed by atoms with van der Waals surface area (Å²) in [6, 6.07) is 5.54. The van der Waals surface area contributed by atoms with Crippen LogP contribution in [0.25, 0.3) is 11.2 Å². The van der Waals surface area contributed by atoms with E-state index in [2.05, 4.69) is 20.3 Å². The van der Waals surface area contributed by atoms with Gasteiger partial charge in [-0.05, 0) is 51.2 Å². The Morgan fingerprint density at radius 3 is 2.75 bits per heavy atom. The molecule has 0 saturated heterocycles. The lowest BCUT2D eigenvalue weighted by Crippen LogP contribution is -2.45. The van der Waals surface area contributed by atoms with Crippen LogP contribution in [0.3, 0.4) is 0 Å². The van der Waals surface area contributed by atoms with Gasteiger partial charge in [0.2, 0.25) is 0 Å². The van der Waals surface area contributed by atoms with Gasteiger partial charge in [0.15, 0.2) is 5.65 Å². The minimum Gasteiger partial charge on any atom is -0.398 e. The van der Waals surface area contributed by atoms with E-state index in [0.717, 1.165) is 18.4 Å². The van der Waals surface area contributed by atoms with Crippen LogP contribution in [0.1, 0.15) is 53.9 Å². The highest BCUT2D eigenvalue weighted by molar-refractivity contribution is 6.13. The molecule has 1 fully saturated rings. The topological polar surface area (TPSA) is 121 Å². The Hall–Kier alpha value is -3.22. The molecule has 4 rings (SSSR count). The van der Waals surface area contributed by atoms with Gasteiger partial charge < -0.3 is 16.0 Å². The number of fused-ring (bicyclic) bond motifs is 1. The number of amides is 1. The van der Waals surface area contributed by atoms with Crippen molar-refractivity contribution in [2.24, 2.45) is 5.92 Å². The molecular weight excluding hydrogens is 352 g/mol. The molecule has 0 aliphatic heterocycles. The summed E-state index contributed by atoms with van der Waals surface area (Å²) in [7, 11) is 0. The fourth-order valence-electron chi connectivity index (χ4n) is 3.50. The van der Waals surface area contributed by atoms with Gasteiger partial charge in [-0.15, -0.1) is 0 Å². The lowest BCUT2D eigenvalue weighted by atomic mass is 9.98. The van der Waals surface area contributed by atoms with Crippen molar-refractivity contribution in [1.29, 1.82) is 5.41 Å². The van der Waals surface area contributed by atoms with Gasteiger partial charge in [-0.3, -0.25) is 10.2 Å². The van der Waals surface area contributed by atoms with E-state index in [9.17, 15) is 4.79 Å². The van der Waals surface area contributed by atoms with Crippen LogP contribution in [0.2, 0.25) is 0 Å². The fourth-order valence-corrected chi connectivity index (χ4v) is 3.50. The van der Waals surface area contributed by atoms with Gasteiger partial charge in [-0.2, -0.15) is 0 Å². The van der Waals surface area contributed by atoms with E-state index >= 15 is 0 Å². The maximum absolute atomic E-state index is 12.8. The Balaban J connectivity index is 1.68. The smallest absolute Gasteiger partial charge is 0.255 e. The standard InChI is InChI=1S/C21H24N6O/c1-11-4-7-13(15(22)8-11)17(23)16-10-25-19-18(26-16)14(9-24-19)20(28)27-21(2,3)12-5-6-12/h4,7-10,12,23H,5-6,22H2,1-3H3,(H,24,25)(H,27,28). The summed E-state index contributed by atoms with van der Waals surface area (Å²) in [6.07, 6.45) is 5.42. The number of carbonyl (C=O) groups excluding carboxylic acids is 1. The number of anilines is 1. The lowest BCUT2D eigenvalue weighted by molar-refractivity contribution is 0.0905. The molecule has 7 nitrogen and oxygen atoms in total. The summed E-state index contributed by atoms with van der Waals surface area (Å²) in [5.41, 5.74) is 9.91. The molecule has 5 N–H and O–H groups in total. The van der Waals surface area contributed by atoms with Crippen LogP contribution >= 0.6 is 0 Å². The predicted molar refractivity (Wildman–Crippen MR) is 110 cm³/mol. The monoisotopic (exact) mass is 376 g/mol. The largest absolute Gasteiger partial charge is 0.398 e. The first-order valence-corrected chi connectivity index (χ1v) is 9.38. The van der Waals surface area contributed by atoms with Gasteiger partial charge in [0.1, 0.15) is 11.2 Å². The Kier molecular flexibility index (Phi) is 4.18. The van der Waals surface area contributed by atoms with Crippen LogP contribution in [0.15, 0.2) is 30.6 Å². The van der Waals surface area contributed by atoms with Gasteiger partial charge in [0, 0.05) is 23.0 Å². The summed E-state index contributed by atoms with van der Waals surface area (Å²) in [5, 5.41) is 11.6. The molecule has 1 saturated carbocycles. The van der Waals surface area contributed by atoms with Crippen molar-refractivity contribution in [3.63, 3.8) is 0 Å². The number of benzene rings is 1. The van der Waals surface area contributed by atoms with Crippen molar-refractivity contribution in [3.8, 4) is 0 Å². The zero-order valence-corrected chi connectivity index (χ0v) is 16.3. The molecule has 28 heavy (non-hydrogen) atoms. The van der Waals surface area contributed by atoms with Gasteiger partial charge in [0.05, 0.1) is 17.5 Å². The molecule has 7 heteroatoms. The van der Waals surface area contributed by atoms with Gasteiger partial charge in [-0.25, -0.2) is 9.97 Å². The number of nitrogens with two attached hydrogens (primary N) is 1. The molecule has 2 heterocycles. The van der Waals surface area contributed by atoms with E-state index in [1.165, 1.54) is 6.20 Å². The van der Waals surface area contributed by atoms with Crippen LogP contribution in [0, 0.1) is 18.3 Å². The average Bonchev–Trinajstić information content (AvgIpc) is 3.41. The molecule has 0 unspecified atom stereocenters. The minimum atomic E-state index is -0.255. The summed E-state index contributed by atoms with van der Waals surface area (Å²) in [5.74, 6) is 0.331. The molecule has 3 aromatic rings. The van der Waals surface area contributed by atoms with E-state index in [1.807, 2.05) is 39.0 Å². The molecule has 0 bridgehead atoms. The van der Waals surface area contributed by atoms with Gasteiger partial charge in [-0.1, -0.05) is 12.1 Å². The van der Waals surface area contributed by atoms with Crippen molar-refractivity contribution in [2.75, 3.05) is 5.73 Å². The number of carbonyl (C=O) groups is 1. The third-order valence-corrected chi connectivity index (χ3v) is 5.39. The highest BCUT2D eigenvalue weighted by Gasteiger charge is 2.39. The van der Waals surface area contributed by atoms with E-state index in [0.29, 0.717) is 39.6 Å². The number of aromatic nitrogens is 3. The van der Waals surface area contributed by atoms with Crippen LogP contribution in [0.4, 0.5) is 5.69 Å². The predicted octanol–water partition coefficient (Wildman–Crippen LogP) is 3.18. The van der Waals surface area contributed by atoms with Crippen LogP contribution in [0.5, 0.6) is 0 Å². The van der Waals surface area contributed by atoms with E-state index in [4.69, 9.17) is 11.1 Å². The number of nitrogens with zero attached hydrogens (tertiary/aromatic N) is 2. The van der Waals surface area contributed by atoms with E-state index in [-0.39, 0.29) is 17.2 Å². The van der Waals surface area contributed by atoms with Crippen LogP contribution in [-0.2, 0) is 0 Å². The van der Waals surface area contributed by atoms with Crippen LogP contribution < -0.4 is 11.1 Å². The Bertz CT molecular complexity index is 1090. The number of hydrogen-bond acceptors (Lipinski definition) is 5. The number of hydrogen-bond donors (Lipinski definition) is 4. The van der Waals surface area contributed by atoms with Crippen molar-refractivity contribution in [3.05, 3.63) is 53.0 Å². The summed E-state index contributed by atoms with van der Waals surface area (Å²) >= 11 is 0. The molecule has 1 aliphatic rings. The lowest BCUT2D eigenvalue weighted by Gasteiger charge is -2.25. The summed E-state index contributed by atoms with van der Waals surface area (Å²) in [6.45, 7) is 6.04. The van der Waals surface area contributed by atoms with E-state index in [1.54, 1.807) is 6.20 Å². The molecule has 144 valence electrons. The molecule has 0 radical (unpaired) electrons. The maximum Gasteiger partial charge on any atom is 0.255 e. The maximum atomic E-state index is 12.8. The Morgan fingerprint density at radius 2 is 2.07 bits per heavy atom. The first-order valence-electron chi connectivity index (χ1n) is 9.38. The highest BCUT2D eigenvalue weighted by atomic mass is 16.1. The average molecular weight is 376 g/mol. The zero-order valence-electron chi connectivity index (χ0n) is 16.3. The highest BCUT2D eigenvalue weighted by Crippen LogP contribution is 2.39. The third kappa shape index (κ3) is 3.24. The molecule has 0 atom stereocenters. The molecule has 2 aromatic heterocycles. The second-order valence-corrected chi connectivity index (χ2v) is 8.07. The summed E-state index contributed by atoms with van der Waals surface area (Å²) < 4.78 is 0. The number of nitrogens with one attached hydrogen (secondary N) is 3. The van der Waals surface area contributed by atoms with Gasteiger partial charge in [0.25, 0.3) is 5.91 Å². The van der Waals surface area contributed by atoms with Gasteiger partial charge >= 0.3 is 0 Å². The number of nitrogen functional groups attached to an aromatic ring is 1. The van der Waals surface area contributed by atoms with Crippen LogP contribution in [-0.4, -0.2) is 32.1 Å². The number of H-pyrrole nitrogens is 1. The SMILES string of the molecule is Cc1ccc(C(=N)c2cnc3[nH]cc(C(=O)NC(C)(C)C4CC4)c3n2)c(N)c1. The normalized spacial score (nSPS) is 14.2. The van der Waals surface area contributed by atoms with Crippen molar-refractivity contribution >= 4 is 28.5 Å². The van der Waals surface area contributed by atoms with Crippen molar-refractivity contribution in [2.45, 2.75) is 39.2 Å². The quantitative estimate of drug-likeness (QED) is 0.404. The van der Waals surface area contributed by atoms with Crippen molar-refractivity contribution in [1.82, 2.24) is 20.3 Å². The number of rotatable bonds is 5. The molecule has 1 aromatic carbocycles. The number of aromatic amines is 1. The molecule has 1 aliphatic carbocycles. The summed E-state index contributed by atoms with van der Waals surface area (Å²) in [4.78, 5) is 24.7. The fraction of sp³-hybridized carbons (Fsp3) is 0.333. The molecule has 0 spiro atoms. The van der Waals surface area contributed by atoms with E-state index < -0.39 is 0 Å². The first kappa shape index (κ1) is 18.2. The Morgan fingerprint density at radius 1 is 1.32 bits per heavy atom. The first-order chi connectivity index (χ1) is 13.3. The zero-order chi connectivity index (χ0) is 20.1. The van der Waals surface area contributed by atoms with Crippen molar-refractivity contribution < 1.29 is 4.79 Å². The third-order valence-electron chi connectivity index (χ3n) is 5.39. The molecular formula is C21H24N6O.